The molecule has 0 unspecified atom stereocenters. The molecule has 24 heavy (non-hydrogen) atoms. The van der Waals surface area contributed by atoms with Crippen molar-refractivity contribution in [3.8, 4) is 0 Å². The smallest absolute Gasteiger partial charge is 0.252 e. The number of aromatic amines is 1. The van der Waals surface area contributed by atoms with E-state index in [9.17, 15) is 4.79 Å². The fourth-order valence-corrected chi connectivity index (χ4v) is 2.73. The van der Waals surface area contributed by atoms with Gasteiger partial charge in [0.2, 0.25) is 11.9 Å². The molecule has 0 saturated heterocycles. The number of nitrogens with one attached hydrogen (secondary N) is 2. The third-order valence-electron chi connectivity index (χ3n) is 3.91. The number of aryl methyl sites for hydroxylation is 3. The van der Waals surface area contributed by atoms with Gasteiger partial charge in [-0.15, -0.1) is 0 Å². The van der Waals surface area contributed by atoms with Crippen molar-refractivity contribution in [2.45, 2.75) is 40.5 Å². The number of fused-ring (bicyclic) bond motifs is 1. The molecule has 0 bridgehead atoms. The minimum atomic E-state index is -0.194. The Bertz CT molecular complexity index is 975. The first-order valence-corrected chi connectivity index (χ1v) is 7.97. The molecule has 2 aromatic heterocycles. The Kier molecular flexibility index (Phi) is 4.05. The van der Waals surface area contributed by atoms with Crippen LogP contribution in [0, 0.1) is 20.8 Å². The molecule has 0 aliphatic carbocycles. The Morgan fingerprint density at radius 1 is 1.04 bits per heavy atom. The van der Waals surface area contributed by atoms with Crippen LogP contribution in [-0.2, 0) is 0 Å². The summed E-state index contributed by atoms with van der Waals surface area (Å²) in [6.07, 6.45) is 0. The molecule has 0 aliphatic rings. The van der Waals surface area contributed by atoms with Crippen molar-refractivity contribution in [2.75, 3.05) is 5.32 Å². The highest BCUT2D eigenvalue weighted by Gasteiger charge is 2.10. The van der Waals surface area contributed by atoms with Gasteiger partial charge in [-0.2, -0.15) is 0 Å². The normalized spacial score (nSPS) is 11.2. The maximum absolute atomic E-state index is 11.8. The van der Waals surface area contributed by atoms with Crippen molar-refractivity contribution >= 4 is 22.8 Å². The number of H-pyrrole nitrogens is 1. The Balaban J connectivity index is 2.07. The minimum absolute atomic E-state index is 0.164. The van der Waals surface area contributed by atoms with Gasteiger partial charge < -0.3 is 0 Å². The number of hydrogen-bond donors (Lipinski definition) is 2. The van der Waals surface area contributed by atoms with E-state index >= 15 is 0 Å². The van der Waals surface area contributed by atoms with Crippen LogP contribution in [0.2, 0.25) is 0 Å². The van der Waals surface area contributed by atoms with Crippen LogP contribution in [-0.4, -0.2) is 19.9 Å². The van der Waals surface area contributed by atoms with Crippen LogP contribution >= 0.6 is 0 Å². The lowest BCUT2D eigenvalue weighted by molar-refractivity contribution is 0.811. The average molecular weight is 323 g/mol. The third kappa shape index (κ3) is 3.13. The van der Waals surface area contributed by atoms with Crippen molar-refractivity contribution in [1.29, 1.82) is 0 Å². The molecule has 0 spiro atoms. The molecule has 3 aromatic rings. The highest BCUT2D eigenvalue weighted by atomic mass is 16.1. The summed E-state index contributed by atoms with van der Waals surface area (Å²) in [6.45, 7) is 10.0. The first kappa shape index (κ1) is 16.1. The van der Waals surface area contributed by atoms with Crippen LogP contribution < -0.4 is 10.9 Å². The maximum Gasteiger partial charge on any atom is 0.252 e. The molecule has 0 fully saturated rings. The van der Waals surface area contributed by atoms with Gasteiger partial charge >= 0.3 is 0 Å². The summed E-state index contributed by atoms with van der Waals surface area (Å²) >= 11 is 0. The fraction of sp³-hybridized carbons (Fsp3) is 0.333. The molecule has 0 atom stereocenters. The zero-order valence-corrected chi connectivity index (χ0v) is 14.6. The monoisotopic (exact) mass is 323 g/mol. The van der Waals surface area contributed by atoms with Gasteiger partial charge in [0, 0.05) is 11.5 Å². The quantitative estimate of drug-likeness (QED) is 0.770. The zero-order valence-electron chi connectivity index (χ0n) is 14.6. The molecule has 6 heteroatoms. The topological polar surface area (TPSA) is 83.6 Å². The summed E-state index contributed by atoms with van der Waals surface area (Å²) in [5.74, 6) is 0.947. The summed E-state index contributed by atoms with van der Waals surface area (Å²) in [4.78, 5) is 28.0. The second-order valence-electron chi connectivity index (χ2n) is 6.41. The highest BCUT2D eigenvalue weighted by molar-refractivity contribution is 5.85. The molecule has 2 N–H and O–H groups in total. The van der Waals surface area contributed by atoms with Crippen LogP contribution in [0.4, 0.5) is 11.9 Å². The Labute approximate surface area is 140 Å². The first-order valence-electron chi connectivity index (χ1n) is 7.97. The highest BCUT2D eigenvalue weighted by Crippen LogP contribution is 2.23. The molecule has 0 radical (unpaired) electrons. The van der Waals surface area contributed by atoms with Gasteiger partial charge in [-0.25, -0.2) is 15.0 Å². The van der Waals surface area contributed by atoms with E-state index in [1.165, 1.54) is 11.6 Å². The SMILES string of the molecule is Cc1cc(C)c2nc(Nc3nc(C(C)C)cc(=O)[nH]3)nc(C)c2c1. The molecule has 1 aromatic carbocycles. The number of nitrogens with zero attached hydrogens (tertiary/aromatic N) is 3. The van der Waals surface area contributed by atoms with E-state index in [4.69, 9.17) is 0 Å². The van der Waals surface area contributed by atoms with E-state index in [0.717, 1.165) is 27.9 Å². The molecule has 6 nitrogen and oxygen atoms in total. The minimum Gasteiger partial charge on any atom is -0.294 e. The zero-order chi connectivity index (χ0) is 17.4. The molecule has 0 aliphatic heterocycles. The molecular weight excluding hydrogens is 302 g/mol. The number of benzene rings is 1. The molecule has 3 rings (SSSR count). The van der Waals surface area contributed by atoms with E-state index in [2.05, 4.69) is 44.3 Å². The molecule has 2 heterocycles. The van der Waals surface area contributed by atoms with Gasteiger partial charge in [0.25, 0.3) is 5.56 Å². The summed E-state index contributed by atoms with van der Waals surface area (Å²) in [5.41, 5.74) is 4.60. The fourth-order valence-electron chi connectivity index (χ4n) is 2.73. The Morgan fingerprint density at radius 2 is 1.79 bits per heavy atom. The lowest BCUT2D eigenvalue weighted by Gasteiger charge is -2.11. The van der Waals surface area contributed by atoms with Gasteiger partial charge in [-0.3, -0.25) is 15.1 Å². The summed E-state index contributed by atoms with van der Waals surface area (Å²) in [5, 5.41) is 4.06. The number of anilines is 2. The molecule has 0 saturated carbocycles. The second-order valence-corrected chi connectivity index (χ2v) is 6.41. The Morgan fingerprint density at radius 3 is 2.50 bits per heavy atom. The molecule has 0 amide bonds. The van der Waals surface area contributed by atoms with Gasteiger partial charge in [0.1, 0.15) is 0 Å². The van der Waals surface area contributed by atoms with Crippen LogP contribution in [0.3, 0.4) is 0 Å². The molecule has 124 valence electrons. The third-order valence-corrected chi connectivity index (χ3v) is 3.91. The van der Waals surface area contributed by atoms with Gasteiger partial charge in [-0.1, -0.05) is 25.5 Å². The van der Waals surface area contributed by atoms with Crippen molar-refractivity contribution in [3.05, 3.63) is 51.1 Å². The van der Waals surface area contributed by atoms with E-state index in [0.29, 0.717) is 11.9 Å². The van der Waals surface area contributed by atoms with Crippen LogP contribution in [0.5, 0.6) is 0 Å². The number of hydrogen-bond acceptors (Lipinski definition) is 5. The predicted octanol–water partition coefficient (Wildman–Crippen LogP) is 3.51. The molecular formula is C18H21N5O. The van der Waals surface area contributed by atoms with Crippen LogP contribution in [0.25, 0.3) is 10.9 Å². The summed E-state index contributed by atoms with van der Waals surface area (Å²) < 4.78 is 0. The van der Waals surface area contributed by atoms with E-state index in [1.54, 1.807) is 0 Å². The first-order chi connectivity index (χ1) is 11.3. The van der Waals surface area contributed by atoms with E-state index in [1.807, 2.05) is 27.7 Å². The number of aromatic nitrogens is 4. The lowest BCUT2D eigenvalue weighted by atomic mass is 10.1. The Hall–Kier alpha value is -2.76. The predicted molar refractivity (Wildman–Crippen MR) is 96.0 cm³/mol. The largest absolute Gasteiger partial charge is 0.294 e. The average Bonchev–Trinajstić information content (AvgIpc) is 2.48. The van der Waals surface area contributed by atoms with Crippen molar-refractivity contribution in [1.82, 2.24) is 19.9 Å². The van der Waals surface area contributed by atoms with E-state index < -0.39 is 0 Å². The van der Waals surface area contributed by atoms with Crippen molar-refractivity contribution in [3.63, 3.8) is 0 Å². The summed E-state index contributed by atoms with van der Waals surface area (Å²) in [6, 6.07) is 5.69. The lowest BCUT2D eigenvalue weighted by Crippen LogP contribution is -2.14. The van der Waals surface area contributed by atoms with Crippen molar-refractivity contribution in [2.24, 2.45) is 0 Å². The summed E-state index contributed by atoms with van der Waals surface area (Å²) in [7, 11) is 0. The van der Waals surface area contributed by atoms with Crippen LogP contribution in [0.15, 0.2) is 23.0 Å². The van der Waals surface area contributed by atoms with Gasteiger partial charge in [-0.05, 0) is 38.3 Å². The van der Waals surface area contributed by atoms with E-state index in [-0.39, 0.29) is 11.5 Å². The second kappa shape index (κ2) is 6.03. The van der Waals surface area contributed by atoms with Crippen molar-refractivity contribution < 1.29 is 0 Å². The number of rotatable bonds is 3. The maximum atomic E-state index is 11.8. The van der Waals surface area contributed by atoms with Gasteiger partial charge in [0.05, 0.1) is 16.9 Å². The van der Waals surface area contributed by atoms with Gasteiger partial charge in [0.15, 0.2) is 0 Å². The standard InChI is InChI=1S/C18H21N5O/c1-9(2)14-8-15(24)21-18(20-14)23-17-19-12(5)13-7-10(3)6-11(4)16(13)22-17/h6-9H,1-5H3,(H2,19,20,21,22,23,24). The van der Waals surface area contributed by atoms with Crippen LogP contribution in [0.1, 0.15) is 42.3 Å².